The van der Waals surface area contributed by atoms with Crippen LogP contribution in [0.5, 0.6) is 17.2 Å². The summed E-state index contributed by atoms with van der Waals surface area (Å²) in [6.45, 7) is 0.580. The summed E-state index contributed by atoms with van der Waals surface area (Å²) in [5.74, 6) is -1.85. The molecule has 0 aromatic heterocycles. The van der Waals surface area contributed by atoms with Gasteiger partial charge in [-0.15, -0.1) is 13.2 Å². The first kappa shape index (κ1) is 25.2. The number of hydrogen-bond acceptors (Lipinski definition) is 6. The molecule has 10 heteroatoms. The molecule has 3 aromatic rings. The van der Waals surface area contributed by atoms with Crippen LogP contribution in [-0.2, 0) is 16.0 Å². The number of benzene rings is 3. The molecule has 0 bridgehead atoms. The summed E-state index contributed by atoms with van der Waals surface area (Å²) in [6.07, 6.45) is -3.44. The topological polar surface area (TPSA) is 85.3 Å². The van der Waals surface area contributed by atoms with Crippen molar-refractivity contribution in [3.05, 3.63) is 89.0 Å². The molecule has 2 aliphatic heterocycles. The average Bonchev–Trinajstić information content (AvgIpc) is 3.17. The van der Waals surface area contributed by atoms with Crippen LogP contribution in [-0.4, -0.2) is 36.9 Å². The Bertz CT molecular complexity index is 1450. The molecule has 2 heterocycles. The minimum Gasteiger partial charge on any atom is -0.507 e. The lowest BCUT2D eigenvalue weighted by molar-refractivity contribution is -0.274. The Morgan fingerprint density at radius 3 is 2.55 bits per heavy atom. The largest absolute Gasteiger partial charge is 0.573 e. The number of aliphatic hydroxyl groups is 1. The third-order valence-electron chi connectivity index (χ3n) is 6.37. The predicted molar refractivity (Wildman–Crippen MR) is 131 cm³/mol. The van der Waals surface area contributed by atoms with Gasteiger partial charge in [0.05, 0.1) is 25.3 Å². The fraction of sp³-hybridized carbons (Fsp3) is 0.214. The highest BCUT2D eigenvalue weighted by molar-refractivity contribution is 6.51. The summed E-state index contributed by atoms with van der Waals surface area (Å²) in [5, 5.41) is 11.4. The Kier molecular flexibility index (Phi) is 6.48. The van der Waals surface area contributed by atoms with Gasteiger partial charge < -0.3 is 19.3 Å². The van der Waals surface area contributed by atoms with E-state index in [9.17, 15) is 27.9 Å². The first-order chi connectivity index (χ1) is 18.2. The number of ether oxygens (including phenoxy) is 3. The second-order valence-corrected chi connectivity index (χ2v) is 8.77. The molecular formula is C28H22F3NO6. The number of amides is 1. The Morgan fingerprint density at radius 1 is 1.03 bits per heavy atom. The fourth-order valence-corrected chi connectivity index (χ4v) is 4.72. The third kappa shape index (κ3) is 4.77. The smallest absolute Gasteiger partial charge is 0.507 e. The average molecular weight is 525 g/mol. The molecule has 1 fully saturated rings. The molecule has 196 valence electrons. The number of alkyl halides is 3. The number of rotatable bonds is 5. The van der Waals surface area contributed by atoms with E-state index in [1.165, 1.54) is 19.2 Å². The first-order valence-electron chi connectivity index (χ1n) is 11.7. The van der Waals surface area contributed by atoms with E-state index in [1.54, 1.807) is 42.5 Å². The monoisotopic (exact) mass is 525 g/mol. The van der Waals surface area contributed by atoms with Crippen molar-refractivity contribution in [2.75, 3.05) is 18.6 Å². The van der Waals surface area contributed by atoms with E-state index < -0.39 is 35.6 Å². The maximum Gasteiger partial charge on any atom is 0.573 e. The van der Waals surface area contributed by atoms with E-state index in [1.807, 2.05) is 0 Å². The van der Waals surface area contributed by atoms with Gasteiger partial charge in [0.2, 0.25) is 0 Å². The highest BCUT2D eigenvalue weighted by Gasteiger charge is 2.47. The molecule has 0 saturated carbocycles. The zero-order valence-electron chi connectivity index (χ0n) is 20.1. The summed E-state index contributed by atoms with van der Waals surface area (Å²) in [6, 6.07) is 15.1. The number of aryl methyl sites for hydroxylation is 1. The van der Waals surface area contributed by atoms with Crippen molar-refractivity contribution in [1.82, 2.24) is 0 Å². The van der Waals surface area contributed by atoms with Gasteiger partial charge in [0.1, 0.15) is 23.0 Å². The molecule has 7 nitrogen and oxygen atoms in total. The lowest BCUT2D eigenvalue weighted by Crippen LogP contribution is -2.29. The predicted octanol–water partition coefficient (Wildman–Crippen LogP) is 5.55. The van der Waals surface area contributed by atoms with Gasteiger partial charge in [0, 0.05) is 17.3 Å². The molecule has 0 radical (unpaired) electrons. The molecule has 1 saturated heterocycles. The number of nitrogens with zero attached hydrogens (tertiary/aromatic N) is 1. The van der Waals surface area contributed by atoms with Crippen LogP contribution in [0.1, 0.15) is 29.2 Å². The van der Waals surface area contributed by atoms with Crippen LogP contribution in [0, 0.1) is 0 Å². The van der Waals surface area contributed by atoms with Crippen LogP contribution in [0.25, 0.3) is 5.76 Å². The van der Waals surface area contributed by atoms with Gasteiger partial charge in [-0.3, -0.25) is 14.5 Å². The zero-order valence-corrected chi connectivity index (χ0v) is 20.1. The summed E-state index contributed by atoms with van der Waals surface area (Å²) in [7, 11) is 1.45. The van der Waals surface area contributed by atoms with Crippen molar-refractivity contribution >= 4 is 23.1 Å². The number of Topliss-reactive ketones (excluding diaryl/α,β-unsaturated/α-hetero) is 1. The fourth-order valence-electron chi connectivity index (χ4n) is 4.72. The van der Waals surface area contributed by atoms with Crippen LogP contribution in [0.15, 0.2) is 72.3 Å². The first-order valence-corrected chi connectivity index (χ1v) is 11.7. The third-order valence-corrected chi connectivity index (χ3v) is 6.37. The lowest BCUT2D eigenvalue weighted by Gasteiger charge is -2.26. The van der Waals surface area contributed by atoms with Gasteiger partial charge >= 0.3 is 6.36 Å². The molecule has 2 aliphatic rings. The Labute approximate surface area is 215 Å². The molecular weight excluding hydrogens is 503 g/mol. The van der Waals surface area contributed by atoms with Crippen molar-refractivity contribution in [3.8, 4) is 17.2 Å². The number of ketones is 1. The minimum absolute atomic E-state index is 0.0143. The number of aliphatic hydroxyl groups excluding tert-OH is 1. The van der Waals surface area contributed by atoms with Gasteiger partial charge in [-0.05, 0) is 66.4 Å². The van der Waals surface area contributed by atoms with Gasteiger partial charge in [-0.1, -0.05) is 18.2 Å². The maximum atomic E-state index is 13.4. The maximum absolute atomic E-state index is 13.4. The summed E-state index contributed by atoms with van der Waals surface area (Å²) in [4.78, 5) is 27.8. The minimum atomic E-state index is -4.95. The number of halogens is 3. The SMILES string of the molecule is COc1cccc(C2/C(=C(/O)c3ccc4c(c3)CCCO4)C(=O)C(=O)N2c2cccc(OC(F)(F)F)c2)c1. The molecule has 1 amide bonds. The molecule has 3 aromatic carbocycles. The van der Waals surface area contributed by atoms with Crippen molar-refractivity contribution in [2.45, 2.75) is 25.2 Å². The number of anilines is 1. The summed E-state index contributed by atoms with van der Waals surface area (Å²) >= 11 is 0. The van der Waals surface area contributed by atoms with E-state index in [4.69, 9.17) is 9.47 Å². The number of carbonyl (C=O) groups excluding carboxylic acids is 2. The molecule has 1 N–H and O–H groups in total. The highest BCUT2D eigenvalue weighted by Crippen LogP contribution is 2.44. The molecule has 0 spiro atoms. The molecule has 38 heavy (non-hydrogen) atoms. The van der Waals surface area contributed by atoms with E-state index >= 15 is 0 Å². The van der Waals surface area contributed by atoms with E-state index in [0.29, 0.717) is 29.2 Å². The Morgan fingerprint density at radius 2 is 1.79 bits per heavy atom. The lowest BCUT2D eigenvalue weighted by atomic mass is 9.93. The van der Waals surface area contributed by atoms with Crippen molar-refractivity contribution in [2.24, 2.45) is 0 Å². The van der Waals surface area contributed by atoms with Crippen LogP contribution in [0.4, 0.5) is 18.9 Å². The number of carbonyl (C=O) groups is 2. The zero-order chi connectivity index (χ0) is 27.0. The van der Waals surface area contributed by atoms with Gasteiger partial charge in [-0.2, -0.15) is 0 Å². The van der Waals surface area contributed by atoms with Gasteiger partial charge in [0.15, 0.2) is 0 Å². The molecule has 0 aliphatic carbocycles. The van der Waals surface area contributed by atoms with Crippen molar-refractivity contribution < 1.29 is 42.1 Å². The van der Waals surface area contributed by atoms with E-state index in [2.05, 4.69) is 4.74 Å². The number of hydrogen-bond donors (Lipinski definition) is 1. The van der Waals surface area contributed by atoms with Crippen LogP contribution >= 0.6 is 0 Å². The second-order valence-electron chi connectivity index (χ2n) is 8.77. The van der Waals surface area contributed by atoms with Crippen molar-refractivity contribution in [3.63, 3.8) is 0 Å². The van der Waals surface area contributed by atoms with Gasteiger partial charge in [0.25, 0.3) is 11.7 Å². The standard InChI is InChI=1S/C28H22F3NO6/c1-36-20-8-2-5-17(14-20)24-23(25(33)18-10-11-22-16(13-18)6-4-12-37-22)26(34)27(35)32(24)19-7-3-9-21(15-19)38-28(29,30)31/h2-3,5,7-11,13-15,24,33H,4,6,12H2,1H3/b25-23-. The van der Waals surface area contributed by atoms with E-state index in [0.717, 1.165) is 35.4 Å². The van der Waals surface area contributed by atoms with Crippen LogP contribution < -0.4 is 19.1 Å². The van der Waals surface area contributed by atoms with Crippen molar-refractivity contribution in [1.29, 1.82) is 0 Å². The number of methoxy groups -OCH3 is 1. The quantitative estimate of drug-likeness (QED) is 0.267. The summed E-state index contributed by atoms with van der Waals surface area (Å²) in [5.41, 5.74) is 1.36. The molecule has 1 unspecified atom stereocenters. The highest BCUT2D eigenvalue weighted by atomic mass is 19.4. The molecule has 1 atom stereocenters. The second kappa shape index (κ2) is 9.77. The number of fused-ring (bicyclic) bond motifs is 1. The van der Waals surface area contributed by atoms with E-state index in [-0.39, 0.29) is 11.3 Å². The molecule has 5 rings (SSSR count). The van der Waals surface area contributed by atoms with Crippen LogP contribution in [0.3, 0.4) is 0 Å². The Hall–Kier alpha value is -4.47. The van der Waals surface area contributed by atoms with Crippen LogP contribution in [0.2, 0.25) is 0 Å². The normalized spacial score (nSPS) is 18.6. The summed E-state index contributed by atoms with van der Waals surface area (Å²) < 4.78 is 53.6. The van der Waals surface area contributed by atoms with Gasteiger partial charge in [-0.25, -0.2) is 0 Å². The Balaban J connectivity index is 1.67.